The number of nitrogens with two attached hydrogens (primary N) is 1. The molecule has 0 fully saturated rings. The molecule has 0 bridgehead atoms. The Morgan fingerprint density at radius 3 is 2.28 bits per heavy atom. The Kier molecular flexibility index (Phi) is 9.02. The van der Waals surface area contributed by atoms with Crippen LogP contribution < -0.4 is 11.1 Å². The summed E-state index contributed by atoms with van der Waals surface area (Å²) in [5, 5.41) is 3.06. The van der Waals surface area contributed by atoms with Crippen molar-refractivity contribution in [3.63, 3.8) is 0 Å². The number of methoxy groups -OCH3 is 1. The molecule has 0 saturated carbocycles. The van der Waals surface area contributed by atoms with Gasteiger partial charge in [0.15, 0.2) is 0 Å². The van der Waals surface area contributed by atoms with Gasteiger partial charge in [-0.15, -0.1) is 0 Å². The summed E-state index contributed by atoms with van der Waals surface area (Å²) >= 11 is 0. The van der Waals surface area contributed by atoms with E-state index in [0.717, 1.165) is 19.3 Å². The second-order valence-corrected chi connectivity index (χ2v) is 5.62. The standard InChI is InChI=1S/C14H30N2O2/c1-10(2)13(9-18-5)16-14(17)11(3)7-6-8-12(4)15/h10-13H,6-9,15H2,1-5H3,(H,16,17). The van der Waals surface area contributed by atoms with E-state index in [0.29, 0.717) is 12.5 Å². The lowest BCUT2D eigenvalue weighted by Crippen LogP contribution is -2.43. The third kappa shape index (κ3) is 7.67. The summed E-state index contributed by atoms with van der Waals surface area (Å²) in [5.74, 6) is 0.544. The first kappa shape index (κ1) is 17.4. The van der Waals surface area contributed by atoms with E-state index in [-0.39, 0.29) is 23.9 Å². The van der Waals surface area contributed by atoms with Crippen LogP contribution in [0.25, 0.3) is 0 Å². The van der Waals surface area contributed by atoms with Crippen molar-refractivity contribution in [2.45, 2.75) is 59.0 Å². The SMILES string of the molecule is COCC(NC(=O)C(C)CCCC(C)N)C(C)C. The van der Waals surface area contributed by atoms with E-state index >= 15 is 0 Å². The van der Waals surface area contributed by atoms with E-state index in [9.17, 15) is 4.79 Å². The van der Waals surface area contributed by atoms with Gasteiger partial charge >= 0.3 is 0 Å². The molecule has 0 aromatic heterocycles. The number of rotatable bonds is 9. The van der Waals surface area contributed by atoms with Crippen LogP contribution in [0.15, 0.2) is 0 Å². The first-order chi connectivity index (χ1) is 8.38. The molecule has 0 rings (SSSR count). The monoisotopic (exact) mass is 258 g/mol. The smallest absolute Gasteiger partial charge is 0.223 e. The number of hydrogen-bond acceptors (Lipinski definition) is 3. The maximum atomic E-state index is 12.0. The number of ether oxygens (including phenoxy) is 1. The lowest BCUT2D eigenvalue weighted by molar-refractivity contribution is -0.126. The maximum Gasteiger partial charge on any atom is 0.223 e. The van der Waals surface area contributed by atoms with E-state index in [2.05, 4.69) is 19.2 Å². The second kappa shape index (κ2) is 9.34. The van der Waals surface area contributed by atoms with Crippen LogP contribution in [0.5, 0.6) is 0 Å². The molecule has 0 radical (unpaired) electrons. The molecule has 1 amide bonds. The number of nitrogens with one attached hydrogen (secondary N) is 1. The summed E-state index contributed by atoms with van der Waals surface area (Å²) < 4.78 is 5.13. The van der Waals surface area contributed by atoms with Gasteiger partial charge in [0.2, 0.25) is 5.91 Å². The Bertz CT molecular complexity index is 230. The van der Waals surface area contributed by atoms with Gasteiger partial charge in [0, 0.05) is 19.1 Å². The highest BCUT2D eigenvalue weighted by atomic mass is 16.5. The van der Waals surface area contributed by atoms with Crippen molar-refractivity contribution in [2.75, 3.05) is 13.7 Å². The minimum Gasteiger partial charge on any atom is -0.383 e. The zero-order valence-electron chi connectivity index (χ0n) is 12.5. The van der Waals surface area contributed by atoms with Crippen LogP contribution in [0.2, 0.25) is 0 Å². The topological polar surface area (TPSA) is 64.3 Å². The molecule has 0 aromatic carbocycles. The van der Waals surface area contributed by atoms with E-state index in [1.54, 1.807) is 7.11 Å². The molecule has 3 atom stereocenters. The predicted molar refractivity (Wildman–Crippen MR) is 75.3 cm³/mol. The molecule has 0 spiro atoms. The van der Waals surface area contributed by atoms with Crippen molar-refractivity contribution < 1.29 is 9.53 Å². The fourth-order valence-electron chi connectivity index (χ4n) is 1.78. The van der Waals surface area contributed by atoms with Crippen molar-refractivity contribution in [3.8, 4) is 0 Å². The summed E-state index contributed by atoms with van der Waals surface area (Å²) in [5.41, 5.74) is 5.70. The molecule has 0 aliphatic carbocycles. The molecule has 0 saturated heterocycles. The number of carbonyl (C=O) groups is 1. The summed E-state index contributed by atoms with van der Waals surface area (Å²) in [6.07, 6.45) is 2.87. The van der Waals surface area contributed by atoms with Gasteiger partial charge in [-0.3, -0.25) is 4.79 Å². The van der Waals surface area contributed by atoms with Crippen molar-refractivity contribution in [3.05, 3.63) is 0 Å². The molecule has 0 aliphatic heterocycles. The van der Waals surface area contributed by atoms with Crippen LogP contribution in [0, 0.1) is 11.8 Å². The van der Waals surface area contributed by atoms with Gasteiger partial charge in [0.1, 0.15) is 0 Å². The highest BCUT2D eigenvalue weighted by Gasteiger charge is 2.19. The van der Waals surface area contributed by atoms with Gasteiger partial charge in [-0.05, 0) is 25.7 Å². The molecule has 3 N–H and O–H groups in total. The summed E-state index contributed by atoms with van der Waals surface area (Å²) in [6, 6.07) is 0.315. The van der Waals surface area contributed by atoms with E-state index in [1.165, 1.54) is 0 Å². The fourth-order valence-corrected chi connectivity index (χ4v) is 1.78. The van der Waals surface area contributed by atoms with Crippen LogP contribution in [-0.4, -0.2) is 31.7 Å². The molecule has 108 valence electrons. The molecular weight excluding hydrogens is 228 g/mol. The third-order valence-corrected chi connectivity index (χ3v) is 3.22. The Morgan fingerprint density at radius 1 is 1.22 bits per heavy atom. The number of carbonyl (C=O) groups excluding carboxylic acids is 1. The summed E-state index contributed by atoms with van der Waals surface area (Å²) in [4.78, 5) is 12.0. The first-order valence-corrected chi connectivity index (χ1v) is 6.93. The Morgan fingerprint density at radius 2 is 1.83 bits per heavy atom. The Labute approximate surface area is 112 Å². The van der Waals surface area contributed by atoms with Gasteiger partial charge in [-0.1, -0.05) is 27.2 Å². The van der Waals surface area contributed by atoms with Crippen molar-refractivity contribution in [1.82, 2.24) is 5.32 Å². The average molecular weight is 258 g/mol. The average Bonchev–Trinajstić information content (AvgIpc) is 2.27. The Hall–Kier alpha value is -0.610. The van der Waals surface area contributed by atoms with Gasteiger partial charge in [-0.2, -0.15) is 0 Å². The first-order valence-electron chi connectivity index (χ1n) is 6.93. The van der Waals surface area contributed by atoms with E-state index in [4.69, 9.17) is 10.5 Å². The third-order valence-electron chi connectivity index (χ3n) is 3.22. The lowest BCUT2D eigenvalue weighted by Gasteiger charge is -2.23. The van der Waals surface area contributed by atoms with Crippen LogP contribution in [0.4, 0.5) is 0 Å². The minimum atomic E-state index is 0.0434. The van der Waals surface area contributed by atoms with Crippen molar-refractivity contribution >= 4 is 5.91 Å². The van der Waals surface area contributed by atoms with Gasteiger partial charge in [0.25, 0.3) is 0 Å². The zero-order chi connectivity index (χ0) is 14.1. The molecule has 3 unspecified atom stereocenters. The maximum absolute atomic E-state index is 12.0. The van der Waals surface area contributed by atoms with Crippen LogP contribution >= 0.6 is 0 Å². The molecule has 0 heterocycles. The Balaban J connectivity index is 4.04. The summed E-state index contributed by atoms with van der Waals surface area (Å²) in [7, 11) is 1.66. The molecule has 4 heteroatoms. The molecule has 0 aliphatic rings. The normalized spacial score (nSPS) is 16.4. The minimum absolute atomic E-state index is 0.0434. The quantitative estimate of drug-likeness (QED) is 0.664. The van der Waals surface area contributed by atoms with Crippen LogP contribution in [-0.2, 0) is 9.53 Å². The highest BCUT2D eigenvalue weighted by Crippen LogP contribution is 2.11. The summed E-state index contributed by atoms with van der Waals surface area (Å²) in [6.45, 7) is 8.71. The highest BCUT2D eigenvalue weighted by molar-refractivity contribution is 5.78. The molecule has 18 heavy (non-hydrogen) atoms. The largest absolute Gasteiger partial charge is 0.383 e. The second-order valence-electron chi connectivity index (χ2n) is 5.62. The van der Waals surface area contributed by atoms with Gasteiger partial charge < -0.3 is 15.8 Å². The van der Waals surface area contributed by atoms with E-state index < -0.39 is 0 Å². The van der Waals surface area contributed by atoms with Gasteiger partial charge in [-0.25, -0.2) is 0 Å². The van der Waals surface area contributed by atoms with Crippen LogP contribution in [0.1, 0.15) is 47.0 Å². The molecule has 4 nitrogen and oxygen atoms in total. The lowest BCUT2D eigenvalue weighted by atomic mass is 9.99. The molecular formula is C14H30N2O2. The fraction of sp³-hybridized carbons (Fsp3) is 0.929. The number of hydrogen-bond donors (Lipinski definition) is 2. The van der Waals surface area contributed by atoms with Crippen molar-refractivity contribution in [1.29, 1.82) is 0 Å². The van der Waals surface area contributed by atoms with E-state index in [1.807, 2.05) is 13.8 Å². The molecule has 0 aromatic rings. The zero-order valence-corrected chi connectivity index (χ0v) is 12.5. The number of amides is 1. The predicted octanol–water partition coefficient (Wildman–Crippen LogP) is 1.93. The van der Waals surface area contributed by atoms with Crippen LogP contribution in [0.3, 0.4) is 0 Å². The van der Waals surface area contributed by atoms with Crippen molar-refractivity contribution in [2.24, 2.45) is 17.6 Å². The van der Waals surface area contributed by atoms with Gasteiger partial charge in [0.05, 0.1) is 12.6 Å².